The van der Waals surface area contributed by atoms with Crippen LogP contribution in [0.15, 0.2) is 54.6 Å². The number of nitrogens with one attached hydrogen (secondary N) is 1. The number of hydrogen-bond donors (Lipinski definition) is 1. The van der Waals surface area contributed by atoms with E-state index in [2.05, 4.69) is 10.4 Å². The predicted octanol–water partition coefficient (Wildman–Crippen LogP) is 4.85. The molecule has 0 saturated carbocycles. The molecule has 1 aromatic heterocycles. The summed E-state index contributed by atoms with van der Waals surface area (Å²) in [7, 11) is 1.52. The van der Waals surface area contributed by atoms with Crippen LogP contribution in [0.25, 0.3) is 11.3 Å². The molecule has 0 radical (unpaired) electrons. The van der Waals surface area contributed by atoms with Gasteiger partial charge in [-0.2, -0.15) is 18.3 Å². The molecule has 0 aliphatic carbocycles. The Morgan fingerprint density at radius 1 is 1.14 bits per heavy atom. The summed E-state index contributed by atoms with van der Waals surface area (Å²) in [5, 5.41) is 6.94. The predicted molar refractivity (Wildman–Crippen MR) is 99.3 cm³/mol. The van der Waals surface area contributed by atoms with Crippen molar-refractivity contribution in [2.24, 2.45) is 0 Å². The Labute approximate surface area is 159 Å². The Morgan fingerprint density at radius 3 is 2.57 bits per heavy atom. The van der Waals surface area contributed by atoms with Crippen LogP contribution in [0.4, 0.5) is 18.9 Å². The molecule has 5 nitrogen and oxygen atoms in total. The average molecular weight is 389 g/mol. The monoisotopic (exact) mass is 389 g/mol. The highest BCUT2D eigenvalue weighted by Crippen LogP contribution is 2.32. The minimum absolute atomic E-state index is 0.108. The van der Waals surface area contributed by atoms with Crippen LogP contribution in [0.3, 0.4) is 0 Å². The molecule has 0 aliphatic heterocycles. The molecular weight excluding hydrogens is 371 g/mol. The maximum Gasteiger partial charge on any atom is 0.416 e. The number of nitrogens with zero attached hydrogens (tertiary/aromatic N) is 2. The van der Waals surface area contributed by atoms with Crippen molar-refractivity contribution >= 4 is 11.6 Å². The molecule has 3 rings (SSSR count). The highest BCUT2D eigenvalue weighted by molar-refractivity contribution is 6.03. The maximum atomic E-state index is 13.0. The van der Waals surface area contributed by atoms with Crippen molar-refractivity contribution in [3.8, 4) is 17.0 Å². The van der Waals surface area contributed by atoms with Gasteiger partial charge < -0.3 is 10.1 Å². The van der Waals surface area contributed by atoms with Gasteiger partial charge in [0.15, 0.2) is 5.69 Å². The molecule has 0 saturated heterocycles. The van der Waals surface area contributed by atoms with Crippen molar-refractivity contribution in [2.75, 3.05) is 12.4 Å². The summed E-state index contributed by atoms with van der Waals surface area (Å²) in [5.74, 6) is 0.121. The first-order chi connectivity index (χ1) is 13.3. The smallest absolute Gasteiger partial charge is 0.416 e. The molecule has 0 aliphatic rings. The summed E-state index contributed by atoms with van der Waals surface area (Å²) in [6, 6.07) is 13.3. The summed E-state index contributed by atoms with van der Waals surface area (Å²) in [5.41, 5.74) is 0.651. The second-order valence-corrected chi connectivity index (χ2v) is 6.00. The quantitative estimate of drug-likeness (QED) is 0.679. The first-order valence-corrected chi connectivity index (χ1v) is 8.52. The van der Waals surface area contributed by atoms with Gasteiger partial charge in [-0.05, 0) is 37.3 Å². The number of ether oxygens (including phenoxy) is 1. The van der Waals surface area contributed by atoms with Crippen molar-refractivity contribution in [1.29, 1.82) is 0 Å². The Kier molecular flexibility index (Phi) is 5.39. The van der Waals surface area contributed by atoms with Crippen LogP contribution in [0, 0.1) is 0 Å². The first kappa shape index (κ1) is 19.5. The van der Waals surface area contributed by atoms with Gasteiger partial charge >= 0.3 is 6.18 Å². The van der Waals surface area contributed by atoms with Crippen molar-refractivity contribution in [2.45, 2.75) is 19.6 Å². The number of anilines is 1. The highest BCUT2D eigenvalue weighted by Gasteiger charge is 2.30. The van der Waals surface area contributed by atoms with E-state index in [4.69, 9.17) is 4.74 Å². The Balaban J connectivity index is 1.91. The fourth-order valence-electron chi connectivity index (χ4n) is 2.75. The van der Waals surface area contributed by atoms with Crippen LogP contribution < -0.4 is 10.1 Å². The molecule has 0 unspecified atom stereocenters. The van der Waals surface area contributed by atoms with Crippen LogP contribution in [0.5, 0.6) is 5.75 Å². The minimum atomic E-state index is -4.44. The van der Waals surface area contributed by atoms with Gasteiger partial charge in [0.1, 0.15) is 5.75 Å². The van der Waals surface area contributed by atoms with E-state index in [1.54, 1.807) is 37.3 Å². The van der Waals surface area contributed by atoms with Crippen LogP contribution in [0.2, 0.25) is 0 Å². The van der Waals surface area contributed by atoms with Crippen LogP contribution >= 0.6 is 0 Å². The van der Waals surface area contributed by atoms with Crippen molar-refractivity contribution in [3.05, 3.63) is 65.9 Å². The average Bonchev–Trinajstić information content (AvgIpc) is 3.12. The number of aromatic nitrogens is 2. The molecule has 0 bridgehead atoms. The fourth-order valence-corrected chi connectivity index (χ4v) is 2.75. The summed E-state index contributed by atoms with van der Waals surface area (Å²) >= 11 is 0. The van der Waals surface area contributed by atoms with E-state index in [-0.39, 0.29) is 5.69 Å². The third-order valence-electron chi connectivity index (χ3n) is 4.13. The second kappa shape index (κ2) is 7.75. The van der Waals surface area contributed by atoms with Crippen LogP contribution in [-0.2, 0) is 12.7 Å². The van der Waals surface area contributed by atoms with Gasteiger partial charge in [-0.1, -0.05) is 18.2 Å². The molecule has 0 atom stereocenters. The number of methoxy groups -OCH3 is 1. The van der Waals surface area contributed by atoms with Gasteiger partial charge in [-0.25, -0.2) is 0 Å². The van der Waals surface area contributed by atoms with Crippen molar-refractivity contribution in [1.82, 2.24) is 9.78 Å². The number of amides is 1. The Bertz CT molecular complexity index is 996. The maximum absolute atomic E-state index is 13.0. The molecule has 2 aromatic carbocycles. The summed E-state index contributed by atoms with van der Waals surface area (Å²) in [6.45, 7) is 2.20. The topological polar surface area (TPSA) is 56.2 Å². The molecule has 146 valence electrons. The normalized spacial score (nSPS) is 11.3. The van der Waals surface area contributed by atoms with Crippen LogP contribution in [-0.4, -0.2) is 22.8 Å². The number of aryl methyl sites for hydroxylation is 1. The van der Waals surface area contributed by atoms with E-state index in [1.165, 1.54) is 23.9 Å². The van der Waals surface area contributed by atoms with Gasteiger partial charge in [0.05, 0.1) is 18.4 Å². The van der Waals surface area contributed by atoms with Crippen molar-refractivity contribution in [3.63, 3.8) is 0 Å². The van der Waals surface area contributed by atoms with E-state index >= 15 is 0 Å². The number of hydrogen-bond acceptors (Lipinski definition) is 3. The van der Waals surface area contributed by atoms with Gasteiger partial charge in [-0.15, -0.1) is 0 Å². The lowest BCUT2D eigenvalue weighted by atomic mass is 10.1. The van der Waals surface area contributed by atoms with Gasteiger partial charge in [-0.3, -0.25) is 9.48 Å². The fraction of sp³-hybridized carbons (Fsp3) is 0.200. The summed E-state index contributed by atoms with van der Waals surface area (Å²) < 4.78 is 45.6. The first-order valence-electron chi connectivity index (χ1n) is 8.52. The van der Waals surface area contributed by atoms with Gasteiger partial charge in [0.2, 0.25) is 0 Å². The Hall–Kier alpha value is -3.29. The molecule has 0 fully saturated rings. The second-order valence-electron chi connectivity index (χ2n) is 6.00. The number of rotatable bonds is 5. The van der Waals surface area contributed by atoms with E-state index in [0.29, 0.717) is 29.2 Å². The SMILES string of the molecule is CCn1nc(C(=O)Nc2cccc(OC)c2)cc1-c1cccc(C(F)(F)F)c1. The van der Waals surface area contributed by atoms with Crippen LogP contribution in [0.1, 0.15) is 23.0 Å². The van der Waals surface area contributed by atoms with Gasteiger partial charge in [0.25, 0.3) is 5.91 Å². The van der Waals surface area contributed by atoms with E-state index in [0.717, 1.165) is 12.1 Å². The van der Waals surface area contributed by atoms with Crippen molar-refractivity contribution < 1.29 is 22.7 Å². The molecule has 28 heavy (non-hydrogen) atoms. The molecule has 3 aromatic rings. The molecule has 1 N–H and O–H groups in total. The van der Waals surface area contributed by atoms with E-state index in [1.807, 2.05) is 0 Å². The molecular formula is C20H18F3N3O2. The third kappa shape index (κ3) is 4.16. The number of alkyl halides is 3. The lowest BCUT2D eigenvalue weighted by molar-refractivity contribution is -0.137. The number of carbonyl (C=O) groups excluding carboxylic acids is 1. The zero-order chi connectivity index (χ0) is 20.3. The zero-order valence-corrected chi connectivity index (χ0v) is 15.2. The summed E-state index contributed by atoms with van der Waals surface area (Å²) in [6.07, 6.45) is -4.44. The molecule has 1 amide bonds. The Morgan fingerprint density at radius 2 is 1.89 bits per heavy atom. The molecule has 0 spiro atoms. The molecule has 1 heterocycles. The number of halogens is 3. The van der Waals surface area contributed by atoms with E-state index in [9.17, 15) is 18.0 Å². The highest BCUT2D eigenvalue weighted by atomic mass is 19.4. The summed E-state index contributed by atoms with van der Waals surface area (Å²) in [4.78, 5) is 12.5. The zero-order valence-electron chi connectivity index (χ0n) is 15.2. The standard InChI is InChI=1S/C20H18F3N3O2/c1-3-26-18(13-6-4-7-14(10-13)20(21,22)23)12-17(25-26)19(27)24-15-8-5-9-16(11-15)28-2/h4-12H,3H2,1-2H3,(H,24,27). The lowest BCUT2D eigenvalue weighted by Crippen LogP contribution is -2.13. The largest absolute Gasteiger partial charge is 0.497 e. The van der Waals surface area contributed by atoms with Gasteiger partial charge in [0, 0.05) is 23.9 Å². The number of benzene rings is 2. The lowest BCUT2D eigenvalue weighted by Gasteiger charge is -2.09. The number of carbonyl (C=O) groups is 1. The third-order valence-corrected chi connectivity index (χ3v) is 4.13. The minimum Gasteiger partial charge on any atom is -0.497 e. The molecule has 8 heteroatoms. The van der Waals surface area contributed by atoms with E-state index < -0.39 is 17.6 Å².